The minimum absolute atomic E-state index is 0.00393. The van der Waals surface area contributed by atoms with E-state index in [-0.39, 0.29) is 28.9 Å². The number of halogens is 3. The second-order valence-corrected chi connectivity index (χ2v) is 12.7. The number of aromatic nitrogens is 1. The number of carbonyl (C=O) groups excluding carboxylic acids is 2. The summed E-state index contributed by atoms with van der Waals surface area (Å²) in [6.45, 7) is 6.52. The molecule has 1 aromatic heterocycles. The van der Waals surface area contributed by atoms with Crippen LogP contribution < -0.4 is 10.6 Å². The molecule has 1 aromatic carbocycles. The molecule has 0 spiro atoms. The molecule has 0 atom stereocenters. The molecule has 0 unspecified atom stereocenters. The van der Waals surface area contributed by atoms with Gasteiger partial charge >= 0.3 is 6.18 Å². The first-order valence-electron chi connectivity index (χ1n) is 13.8. The van der Waals surface area contributed by atoms with Crippen molar-refractivity contribution in [3.8, 4) is 10.4 Å². The maximum atomic E-state index is 14.2. The molecule has 2 amide bonds. The van der Waals surface area contributed by atoms with E-state index in [2.05, 4.69) is 15.6 Å². The van der Waals surface area contributed by atoms with Crippen LogP contribution in [0.5, 0.6) is 0 Å². The van der Waals surface area contributed by atoms with Crippen molar-refractivity contribution in [2.75, 3.05) is 13.2 Å². The largest absolute Gasteiger partial charge is 0.416 e. The standard InChI is InChI=1S/C29H38F3N3O3S/c1-28(2,3)35-24(36)17-19-9-10-20(16-22(19)29(30,31)32)25-23(15-18-7-5-4-6-8-18)34-27(39-25)26(37)33-21-11-13-38-14-12-21/h9-10,16,18,21H,4-8,11-15,17H2,1-3H3,(H,33,37)(H,35,36). The number of carbonyl (C=O) groups is 2. The Balaban J connectivity index is 1.66. The van der Waals surface area contributed by atoms with Crippen LogP contribution in [0, 0.1) is 5.92 Å². The quantitative estimate of drug-likeness (QED) is 0.412. The molecule has 6 nitrogen and oxygen atoms in total. The third kappa shape index (κ3) is 8.27. The molecular formula is C29H38F3N3O3S. The maximum Gasteiger partial charge on any atom is 0.416 e. The van der Waals surface area contributed by atoms with Gasteiger partial charge in [-0.25, -0.2) is 4.98 Å². The first kappa shape index (κ1) is 29.5. The van der Waals surface area contributed by atoms with E-state index < -0.39 is 23.2 Å². The number of ether oxygens (including phenoxy) is 1. The van der Waals surface area contributed by atoms with Crippen molar-refractivity contribution in [2.24, 2.45) is 5.92 Å². The summed E-state index contributed by atoms with van der Waals surface area (Å²) in [5.41, 5.74) is -0.419. The number of hydrogen-bond acceptors (Lipinski definition) is 5. The van der Waals surface area contributed by atoms with E-state index in [9.17, 15) is 22.8 Å². The molecule has 1 saturated heterocycles. The average molecular weight is 566 g/mol. The number of amides is 2. The lowest BCUT2D eigenvalue weighted by atomic mass is 9.85. The molecule has 2 N–H and O–H groups in total. The minimum Gasteiger partial charge on any atom is -0.381 e. The van der Waals surface area contributed by atoms with Crippen LogP contribution in [0.1, 0.15) is 92.3 Å². The van der Waals surface area contributed by atoms with Gasteiger partial charge in [0.25, 0.3) is 5.91 Å². The molecule has 1 aliphatic carbocycles. The highest BCUT2D eigenvalue weighted by molar-refractivity contribution is 7.17. The fourth-order valence-corrected chi connectivity index (χ4v) is 6.33. The summed E-state index contributed by atoms with van der Waals surface area (Å²) < 4.78 is 47.9. The van der Waals surface area contributed by atoms with Crippen LogP contribution in [0.4, 0.5) is 13.2 Å². The molecule has 1 aliphatic heterocycles. The van der Waals surface area contributed by atoms with Gasteiger partial charge in [-0.15, -0.1) is 11.3 Å². The van der Waals surface area contributed by atoms with E-state index >= 15 is 0 Å². The Hall–Kier alpha value is -2.46. The fraction of sp³-hybridized carbons (Fsp3) is 0.621. The van der Waals surface area contributed by atoms with Crippen molar-refractivity contribution in [3.05, 3.63) is 40.0 Å². The van der Waals surface area contributed by atoms with E-state index in [0.717, 1.165) is 55.9 Å². The zero-order valence-electron chi connectivity index (χ0n) is 22.9. The number of hydrogen-bond donors (Lipinski definition) is 2. The van der Waals surface area contributed by atoms with E-state index in [0.29, 0.717) is 41.7 Å². The number of rotatable bonds is 7. The van der Waals surface area contributed by atoms with Crippen molar-refractivity contribution in [2.45, 2.75) is 96.3 Å². The summed E-state index contributed by atoms with van der Waals surface area (Å²) in [6, 6.07) is 4.10. The van der Waals surface area contributed by atoms with E-state index in [4.69, 9.17) is 4.74 Å². The number of benzene rings is 1. The lowest BCUT2D eigenvalue weighted by Crippen LogP contribution is -2.41. The highest BCUT2D eigenvalue weighted by Gasteiger charge is 2.35. The molecule has 214 valence electrons. The van der Waals surface area contributed by atoms with Gasteiger partial charge in [-0.1, -0.05) is 44.2 Å². The predicted octanol–water partition coefficient (Wildman–Crippen LogP) is 6.32. The number of alkyl halides is 3. The minimum atomic E-state index is -4.63. The van der Waals surface area contributed by atoms with Gasteiger partial charge in [-0.2, -0.15) is 13.2 Å². The Labute approximate surface area is 232 Å². The molecular weight excluding hydrogens is 527 g/mol. The second kappa shape index (κ2) is 12.4. The smallest absolute Gasteiger partial charge is 0.381 e. The number of thiazole rings is 1. The lowest BCUT2D eigenvalue weighted by molar-refractivity contribution is -0.138. The Morgan fingerprint density at radius 1 is 1.05 bits per heavy atom. The molecule has 0 bridgehead atoms. The van der Waals surface area contributed by atoms with Crippen LogP contribution in [0.25, 0.3) is 10.4 Å². The van der Waals surface area contributed by atoms with Crippen LogP contribution in [-0.4, -0.2) is 41.6 Å². The summed E-state index contributed by atoms with van der Waals surface area (Å²) in [5, 5.41) is 6.02. The van der Waals surface area contributed by atoms with E-state index in [1.165, 1.54) is 12.5 Å². The van der Waals surface area contributed by atoms with Gasteiger partial charge < -0.3 is 15.4 Å². The Morgan fingerprint density at radius 2 is 1.74 bits per heavy atom. The monoisotopic (exact) mass is 565 g/mol. The summed E-state index contributed by atoms with van der Waals surface area (Å²) in [6.07, 6.45) is 2.62. The Kier molecular flexibility index (Phi) is 9.37. The van der Waals surface area contributed by atoms with Crippen LogP contribution in [0.2, 0.25) is 0 Å². The van der Waals surface area contributed by atoms with Gasteiger partial charge in [0.2, 0.25) is 5.91 Å². The summed E-state index contributed by atoms with van der Waals surface area (Å²) in [7, 11) is 0. The molecule has 2 fully saturated rings. The third-order valence-corrected chi connectivity index (χ3v) is 8.34. The van der Waals surface area contributed by atoms with Gasteiger partial charge in [-0.3, -0.25) is 9.59 Å². The van der Waals surface area contributed by atoms with E-state index in [1.807, 2.05) is 0 Å². The average Bonchev–Trinajstić information content (AvgIpc) is 3.27. The molecule has 39 heavy (non-hydrogen) atoms. The SMILES string of the molecule is CC(C)(C)NC(=O)Cc1ccc(-c2sc(C(=O)NC3CCOCC3)nc2CC2CCCCC2)cc1C(F)(F)F. The van der Waals surface area contributed by atoms with Crippen LogP contribution in [0.15, 0.2) is 18.2 Å². The summed E-state index contributed by atoms with van der Waals surface area (Å²) in [4.78, 5) is 30.8. The third-order valence-electron chi connectivity index (χ3n) is 7.20. The fourth-order valence-electron chi connectivity index (χ4n) is 5.34. The topological polar surface area (TPSA) is 80.3 Å². The van der Waals surface area contributed by atoms with Crippen molar-refractivity contribution in [1.29, 1.82) is 0 Å². The van der Waals surface area contributed by atoms with Crippen LogP contribution >= 0.6 is 11.3 Å². The van der Waals surface area contributed by atoms with Crippen molar-refractivity contribution in [1.82, 2.24) is 15.6 Å². The lowest BCUT2D eigenvalue weighted by Gasteiger charge is -2.22. The zero-order valence-corrected chi connectivity index (χ0v) is 23.7. The van der Waals surface area contributed by atoms with Crippen molar-refractivity contribution < 1.29 is 27.5 Å². The van der Waals surface area contributed by atoms with E-state index in [1.54, 1.807) is 26.8 Å². The highest BCUT2D eigenvalue weighted by Crippen LogP contribution is 2.39. The van der Waals surface area contributed by atoms with Crippen LogP contribution in [0.3, 0.4) is 0 Å². The van der Waals surface area contributed by atoms with Gasteiger partial charge in [0.15, 0.2) is 5.01 Å². The molecule has 2 aromatic rings. The van der Waals surface area contributed by atoms with Crippen LogP contribution in [-0.2, 0) is 28.5 Å². The highest BCUT2D eigenvalue weighted by atomic mass is 32.1. The first-order chi connectivity index (χ1) is 18.4. The molecule has 0 radical (unpaired) electrons. The summed E-state index contributed by atoms with van der Waals surface area (Å²) in [5.74, 6) is -0.369. The molecule has 2 heterocycles. The van der Waals surface area contributed by atoms with Crippen molar-refractivity contribution in [3.63, 3.8) is 0 Å². The Morgan fingerprint density at radius 3 is 2.38 bits per heavy atom. The van der Waals surface area contributed by atoms with Gasteiger partial charge in [0, 0.05) is 24.8 Å². The second-order valence-electron chi connectivity index (χ2n) is 11.7. The zero-order chi connectivity index (χ0) is 28.2. The van der Waals surface area contributed by atoms with Gasteiger partial charge in [0.05, 0.1) is 22.6 Å². The van der Waals surface area contributed by atoms with Crippen molar-refractivity contribution >= 4 is 23.2 Å². The number of nitrogens with one attached hydrogen (secondary N) is 2. The normalized spacial score (nSPS) is 17.7. The molecule has 10 heteroatoms. The summed E-state index contributed by atoms with van der Waals surface area (Å²) >= 11 is 1.14. The Bertz CT molecular complexity index is 1160. The first-order valence-corrected chi connectivity index (χ1v) is 14.6. The molecule has 1 saturated carbocycles. The molecule has 2 aliphatic rings. The predicted molar refractivity (Wildman–Crippen MR) is 146 cm³/mol. The number of nitrogens with zero attached hydrogens (tertiary/aromatic N) is 1. The maximum absolute atomic E-state index is 14.2. The van der Waals surface area contributed by atoms with Gasteiger partial charge in [-0.05, 0) is 63.1 Å². The molecule has 4 rings (SSSR count). The van der Waals surface area contributed by atoms with Gasteiger partial charge in [0.1, 0.15) is 0 Å².